The van der Waals surface area contributed by atoms with Crippen LogP contribution in [0, 0.1) is 0 Å². The first-order valence-electron chi connectivity index (χ1n) is 8.45. The summed E-state index contributed by atoms with van der Waals surface area (Å²) in [4.78, 5) is 3.74. The van der Waals surface area contributed by atoms with E-state index in [0.717, 1.165) is 12.8 Å². The van der Waals surface area contributed by atoms with Crippen molar-refractivity contribution < 1.29 is 0 Å². The van der Waals surface area contributed by atoms with Crippen LogP contribution in [-0.4, -0.2) is 4.98 Å². The maximum Gasteiger partial charge on any atom is 0.0649 e. The number of benzene rings is 3. The monoisotopic (exact) mass is 325 g/mol. The Balaban J connectivity index is 2.00. The largest absolute Gasteiger partial charge is 0.354 e. The van der Waals surface area contributed by atoms with Gasteiger partial charge in [0.2, 0.25) is 0 Å². The summed E-state index contributed by atoms with van der Waals surface area (Å²) in [7, 11) is 0. The standard InChI is InChI=1S/C22H15NS/c1-2-8-14-13(7-1)19-15-9-3-5-11-17(15)23-21(19)22-20(14)16-10-4-6-12-18(16)24-22/h1-2,4-8,10-12,23H,3,9H2. The Morgan fingerprint density at radius 3 is 2.46 bits per heavy atom. The van der Waals surface area contributed by atoms with E-state index >= 15 is 0 Å². The highest BCUT2D eigenvalue weighted by Crippen LogP contribution is 2.45. The summed E-state index contributed by atoms with van der Waals surface area (Å²) < 4.78 is 2.76. The third-order valence-electron chi connectivity index (χ3n) is 5.27. The van der Waals surface area contributed by atoms with Gasteiger partial charge in [0.25, 0.3) is 0 Å². The molecule has 0 amide bonds. The number of rotatable bonds is 0. The van der Waals surface area contributed by atoms with Crippen LogP contribution in [0.4, 0.5) is 0 Å². The maximum absolute atomic E-state index is 3.74. The van der Waals surface area contributed by atoms with E-state index in [9.17, 15) is 0 Å². The van der Waals surface area contributed by atoms with Gasteiger partial charge in [-0.05, 0) is 41.3 Å². The molecule has 3 aromatic carbocycles. The molecule has 0 spiro atoms. The molecule has 1 nitrogen and oxygen atoms in total. The van der Waals surface area contributed by atoms with Crippen molar-refractivity contribution in [1.82, 2.24) is 4.98 Å². The number of aromatic amines is 1. The van der Waals surface area contributed by atoms with Crippen molar-refractivity contribution in [3.8, 4) is 0 Å². The minimum absolute atomic E-state index is 1.13. The van der Waals surface area contributed by atoms with Gasteiger partial charge < -0.3 is 4.98 Å². The van der Waals surface area contributed by atoms with Crippen molar-refractivity contribution in [2.75, 3.05) is 0 Å². The molecule has 1 aliphatic carbocycles. The fourth-order valence-corrected chi connectivity index (χ4v) is 5.49. The second kappa shape index (κ2) is 4.49. The molecule has 5 aromatic rings. The summed E-state index contributed by atoms with van der Waals surface area (Å²) in [5, 5.41) is 6.98. The van der Waals surface area contributed by atoms with Gasteiger partial charge in [-0.1, -0.05) is 48.5 Å². The predicted molar refractivity (Wildman–Crippen MR) is 106 cm³/mol. The molecule has 1 aliphatic rings. The first kappa shape index (κ1) is 12.8. The number of hydrogen-bond acceptors (Lipinski definition) is 1. The van der Waals surface area contributed by atoms with Crippen LogP contribution in [-0.2, 0) is 6.42 Å². The Labute approximate surface area is 143 Å². The number of hydrogen-bond donors (Lipinski definition) is 1. The number of fused-ring (bicyclic) bond motifs is 10. The summed E-state index contributed by atoms with van der Waals surface area (Å²) in [6, 6.07) is 17.7. The van der Waals surface area contributed by atoms with Crippen molar-refractivity contribution in [2.45, 2.75) is 12.8 Å². The zero-order valence-electron chi connectivity index (χ0n) is 13.1. The highest BCUT2D eigenvalue weighted by molar-refractivity contribution is 7.26. The molecule has 0 unspecified atom stereocenters. The van der Waals surface area contributed by atoms with Crippen molar-refractivity contribution in [2.24, 2.45) is 0 Å². The van der Waals surface area contributed by atoms with Crippen molar-refractivity contribution in [1.29, 1.82) is 0 Å². The molecular formula is C22H15NS. The van der Waals surface area contributed by atoms with Crippen molar-refractivity contribution in [3.63, 3.8) is 0 Å². The molecule has 2 heteroatoms. The van der Waals surface area contributed by atoms with Crippen LogP contribution in [0.1, 0.15) is 17.7 Å². The SMILES string of the molecule is C1=Cc2[nH]c3c4sc5ccccc5c4c4ccccc4c3c2CC1. The van der Waals surface area contributed by atoms with Gasteiger partial charge in [-0.15, -0.1) is 11.3 Å². The van der Waals surface area contributed by atoms with Crippen LogP contribution in [0.2, 0.25) is 0 Å². The molecule has 0 aliphatic heterocycles. The lowest BCUT2D eigenvalue weighted by Crippen LogP contribution is -1.90. The van der Waals surface area contributed by atoms with Gasteiger partial charge in [0.05, 0.1) is 10.2 Å². The predicted octanol–water partition coefficient (Wildman–Crippen LogP) is 6.65. The van der Waals surface area contributed by atoms with Gasteiger partial charge in [-0.25, -0.2) is 0 Å². The average molecular weight is 325 g/mol. The molecule has 2 aromatic heterocycles. The number of H-pyrrole nitrogens is 1. The van der Waals surface area contributed by atoms with Crippen LogP contribution < -0.4 is 0 Å². The number of allylic oxidation sites excluding steroid dienone is 1. The minimum Gasteiger partial charge on any atom is -0.354 e. The van der Waals surface area contributed by atoms with E-state index in [2.05, 4.69) is 65.7 Å². The minimum atomic E-state index is 1.13. The van der Waals surface area contributed by atoms with Gasteiger partial charge in [0.15, 0.2) is 0 Å². The third kappa shape index (κ3) is 1.49. The highest BCUT2D eigenvalue weighted by atomic mass is 32.1. The van der Waals surface area contributed by atoms with E-state index in [1.807, 2.05) is 11.3 Å². The van der Waals surface area contributed by atoms with Crippen LogP contribution in [0.5, 0.6) is 0 Å². The molecule has 0 bridgehead atoms. The van der Waals surface area contributed by atoms with E-state index < -0.39 is 0 Å². The molecular weight excluding hydrogens is 310 g/mol. The average Bonchev–Trinajstić information content (AvgIpc) is 3.21. The Kier molecular flexibility index (Phi) is 2.39. The molecule has 0 saturated carbocycles. The Morgan fingerprint density at radius 1 is 0.833 bits per heavy atom. The van der Waals surface area contributed by atoms with E-state index in [1.54, 1.807) is 0 Å². The molecule has 0 atom stereocenters. The Bertz CT molecular complexity index is 1300. The molecule has 6 rings (SSSR count). The van der Waals surface area contributed by atoms with Gasteiger partial charge in [-0.2, -0.15) is 0 Å². The fourth-order valence-electron chi connectivity index (χ4n) is 4.26. The number of aromatic nitrogens is 1. The van der Waals surface area contributed by atoms with Crippen LogP contribution in [0.25, 0.3) is 47.9 Å². The van der Waals surface area contributed by atoms with E-state index in [1.165, 1.54) is 53.1 Å². The normalized spacial score (nSPS) is 14.2. The summed E-state index contributed by atoms with van der Waals surface area (Å²) in [5.74, 6) is 0. The second-order valence-electron chi connectivity index (χ2n) is 6.56. The highest BCUT2D eigenvalue weighted by Gasteiger charge is 2.20. The molecule has 24 heavy (non-hydrogen) atoms. The van der Waals surface area contributed by atoms with Gasteiger partial charge in [0, 0.05) is 26.6 Å². The first-order chi connectivity index (χ1) is 11.9. The lowest BCUT2D eigenvalue weighted by atomic mass is 9.95. The van der Waals surface area contributed by atoms with Crippen molar-refractivity contribution >= 4 is 59.3 Å². The second-order valence-corrected chi connectivity index (χ2v) is 7.61. The van der Waals surface area contributed by atoms with E-state index in [4.69, 9.17) is 0 Å². The molecule has 1 N–H and O–H groups in total. The first-order valence-corrected chi connectivity index (χ1v) is 9.26. The third-order valence-corrected chi connectivity index (χ3v) is 6.46. The van der Waals surface area contributed by atoms with Crippen LogP contribution in [0.15, 0.2) is 54.6 Å². The topological polar surface area (TPSA) is 15.8 Å². The number of aryl methyl sites for hydroxylation is 1. The summed E-state index contributed by atoms with van der Waals surface area (Å²) in [5.41, 5.74) is 4.11. The quantitative estimate of drug-likeness (QED) is 0.328. The molecule has 114 valence electrons. The zero-order valence-corrected chi connectivity index (χ0v) is 13.9. The van der Waals surface area contributed by atoms with Crippen LogP contribution >= 0.6 is 11.3 Å². The summed E-state index contributed by atoms with van der Waals surface area (Å²) in [6.07, 6.45) is 6.81. The summed E-state index contributed by atoms with van der Waals surface area (Å²) in [6.45, 7) is 0. The Hall–Kier alpha value is -2.58. The van der Waals surface area contributed by atoms with E-state index in [0.29, 0.717) is 0 Å². The molecule has 2 heterocycles. The Morgan fingerprint density at radius 2 is 1.58 bits per heavy atom. The molecule has 0 saturated heterocycles. The fraction of sp³-hybridized carbons (Fsp3) is 0.0909. The van der Waals surface area contributed by atoms with Crippen LogP contribution in [0.3, 0.4) is 0 Å². The van der Waals surface area contributed by atoms with Crippen molar-refractivity contribution in [3.05, 3.63) is 65.9 Å². The maximum atomic E-state index is 3.74. The smallest absolute Gasteiger partial charge is 0.0649 e. The molecule has 0 radical (unpaired) electrons. The number of thiophene rings is 1. The molecule has 0 fully saturated rings. The van der Waals surface area contributed by atoms with E-state index in [-0.39, 0.29) is 0 Å². The summed E-state index contributed by atoms with van der Waals surface area (Å²) >= 11 is 1.91. The lowest BCUT2D eigenvalue weighted by molar-refractivity contribution is 0.993. The zero-order chi connectivity index (χ0) is 15.7. The van der Waals surface area contributed by atoms with Gasteiger partial charge in [0.1, 0.15) is 0 Å². The lowest BCUT2D eigenvalue weighted by Gasteiger charge is -2.08. The van der Waals surface area contributed by atoms with Gasteiger partial charge in [-0.3, -0.25) is 0 Å². The number of nitrogens with one attached hydrogen (secondary N) is 1. The van der Waals surface area contributed by atoms with Gasteiger partial charge >= 0.3 is 0 Å².